The zero-order valence-electron chi connectivity index (χ0n) is 12.6. The molecule has 1 N–H and O–H groups in total. The maximum Gasteiger partial charge on any atom is 0.318 e. The number of likely N-dealkylation sites (tertiary alicyclic amines) is 1. The summed E-state index contributed by atoms with van der Waals surface area (Å²) in [5.74, 6) is 2.96. The van der Waals surface area contributed by atoms with Crippen molar-refractivity contribution in [1.82, 2.24) is 20.0 Å². The summed E-state index contributed by atoms with van der Waals surface area (Å²) in [6, 6.07) is 0.590. The molecule has 2 rings (SSSR count). The smallest absolute Gasteiger partial charge is 0.318 e. The molecule has 2 heterocycles. The Morgan fingerprint density at radius 1 is 1.30 bits per heavy atom. The molecule has 2 saturated heterocycles. The van der Waals surface area contributed by atoms with Gasteiger partial charge in [0, 0.05) is 45.3 Å². The van der Waals surface area contributed by atoms with Crippen LogP contribution < -0.4 is 5.32 Å². The van der Waals surface area contributed by atoms with E-state index in [-0.39, 0.29) is 6.03 Å². The predicted octanol–water partition coefficient (Wildman–Crippen LogP) is 0.287. The second kappa shape index (κ2) is 6.96. The summed E-state index contributed by atoms with van der Waals surface area (Å²) in [5, 5.41) is 2.75. The van der Waals surface area contributed by atoms with Crippen molar-refractivity contribution in [1.29, 1.82) is 0 Å². The van der Waals surface area contributed by atoms with Gasteiger partial charge in [0.25, 0.3) is 0 Å². The maximum absolute atomic E-state index is 11.9. The highest BCUT2D eigenvalue weighted by atomic mass is 16.2. The van der Waals surface area contributed by atoms with Crippen LogP contribution in [0.1, 0.15) is 13.3 Å². The van der Waals surface area contributed by atoms with Crippen LogP contribution in [-0.2, 0) is 0 Å². The monoisotopic (exact) mass is 278 g/mol. The average molecular weight is 278 g/mol. The molecule has 2 atom stereocenters. The third-order valence-corrected chi connectivity index (χ3v) is 4.50. The van der Waals surface area contributed by atoms with Crippen LogP contribution in [0.4, 0.5) is 4.79 Å². The lowest BCUT2D eigenvalue weighted by molar-refractivity contribution is 0.0443. The zero-order chi connectivity index (χ0) is 14.5. The highest BCUT2D eigenvalue weighted by Crippen LogP contribution is 2.23. The first kappa shape index (κ1) is 15.1. The molecule has 0 aliphatic carbocycles. The van der Waals surface area contributed by atoms with Gasteiger partial charge in [-0.1, -0.05) is 12.8 Å². The van der Waals surface area contributed by atoms with Crippen molar-refractivity contribution in [2.75, 3.05) is 52.9 Å². The van der Waals surface area contributed by atoms with E-state index in [1.807, 2.05) is 4.90 Å². The predicted molar refractivity (Wildman–Crippen MR) is 80.4 cm³/mol. The summed E-state index contributed by atoms with van der Waals surface area (Å²) >= 11 is 0. The molecule has 0 radical (unpaired) electrons. The first-order valence-corrected chi connectivity index (χ1v) is 7.50. The van der Waals surface area contributed by atoms with E-state index in [4.69, 9.17) is 6.42 Å². The summed E-state index contributed by atoms with van der Waals surface area (Å²) in [7, 11) is 2.18. The molecule has 2 aliphatic rings. The largest absolute Gasteiger partial charge is 0.327 e. The van der Waals surface area contributed by atoms with Crippen LogP contribution in [0.2, 0.25) is 0 Å². The Labute approximate surface area is 122 Å². The fourth-order valence-corrected chi connectivity index (χ4v) is 3.25. The Balaban J connectivity index is 1.83. The molecule has 2 aliphatic heterocycles. The first-order valence-electron chi connectivity index (χ1n) is 7.50. The number of urea groups is 1. The summed E-state index contributed by atoms with van der Waals surface area (Å²) in [6.45, 7) is 8.81. The molecule has 20 heavy (non-hydrogen) atoms. The molecular weight excluding hydrogens is 252 g/mol. The molecule has 0 bridgehead atoms. The number of carbonyl (C=O) groups is 1. The maximum atomic E-state index is 11.9. The Kier molecular flexibility index (Phi) is 5.27. The van der Waals surface area contributed by atoms with E-state index < -0.39 is 0 Å². The van der Waals surface area contributed by atoms with Crippen LogP contribution >= 0.6 is 0 Å². The van der Waals surface area contributed by atoms with Gasteiger partial charge in [0.2, 0.25) is 0 Å². The van der Waals surface area contributed by atoms with Crippen molar-refractivity contribution in [3.8, 4) is 12.3 Å². The van der Waals surface area contributed by atoms with Crippen LogP contribution in [0.25, 0.3) is 0 Å². The van der Waals surface area contributed by atoms with Crippen LogP contribution in [0.3, 0.4) is 0 Å². The molecule has 0 aromatic heterocycles. The Morgan fingerprint density at radius 2 is 2.00 bits per heavy atom. The molecule has 0 aromatic carbocycles. The van der Waals surface area contributed by atoms with E-state index in [0.717, 1.165) is 45.7 Å². The van der Waals surface area contributed by atoms with E-state index in [1.54, 1.807) is 0 Å². The van der Waals surface area contributed by atoms with Gasteiger partial charge < -0.3 is 15.1 Å². The Morgan fingerprint density at radius 3 is 2.60 bits per heavy atom. The number of rotatable bonds is 2. The fourth-order valence-electron chi connectivity index (χ4n) is 3.25. The van der Waals surface area contributed by atoms with Gasteiger partial charge in [0.05, 0.1) is 6.54 Å². The summed E-state index contributed by atoms with van der Waals surface area (Å²) in [5.41, 5.74) is 0. The van der Waals surface area contributed by atoms with Crippen LogP contribution in [0.15, 0.2) is 0 Å². The summed E-state index contributed by atoms with van der Waals surface area (Å²) in [4.78, 5) is 18.8. The topological polar surface area (TPSA) is 38.8 Å². The van der Waals surface area contributed by atoms with Gasteiger partial charge in [0.15, 0.2) is 0 Å². The molecule has 2 amide bonds. The Hall–Kier alpha value is -1.25. The standard InChI is InChI=1S/C15H26N4O/c1-4-6-16-15(20)19-7-5-14(13(2)12-19)18-10-8-17(3)9-11-18/h1,13-14H,5-12H2,2-3H3,(H,16,20). The number of carbonyl (C=O) groups excluding carboxylic acids is 1. The number of hydrogen-bond acceptors (Lipinski definition) is 3. The van der Waals surface area contributed by atoms with Gasteiger partial charge in [-0.25, -0.2) is 4.79 Å². The molecule has 5 heteroatoms. The molecule has 2 fully saturated rings. The number of piperidine rings is 1. The highest BCUT2D eigenvalue weighted by molar-refractivity contribution is 5.74. The third-order valence-electron chi connectivity index (χ3n) is 4.50. The number of hydrogen-bond donors (Lipinski definition) is 1. The number of likely N-dealkylation sites (N-methyl/N-ethyl adjacent to an activating group) is 1. The van der Waals surface area contributed by atoms with Crippen molar-refractivity contribution in [2.24, 2.45) is 5.92 Å². The van der Waals surface area contributed by atoms with Crippen molar-refractivity contribution < 1.29 is 4.79 Å². The fraction of sp³-hybridized carbons (Fsp3) is 0.800. The second-order valence-electron chi connectivity index (χ2n) is 5.98. The van der Waals surface area contributed by atoms with E-state index in [2.05, 4.69) is 35.0 Å². The lowest BCUT2D eigenvalue weighted by Crippen LogP contribution is -2.57. The molecule has 0 saturated carbocycles. The SMILES string of the molecule is C#CCNC(=O)N1CCC(N2CCN(C)CC2)C(C)C1. The van der Waals surface area contributed by atoms with Crippen LogP contribution in [0, 0.1) is 18.3 Å². The minimum atomic E-state index is -0.0216. The van der Waals surface area contributed by atoms with E-state index >= 15 is 0 Å². The van der Waals surface area contributed by atoms with Crippen LogP contribution in [0.5, 0.6) is 0 Å². The first-order chi connectivity index (χ1) is 9.61. The molecule has 0 spiro atoms. The van der Waals surface area contributed by atoms with Crippen molar-refractivity contribution in [3.05, 3.63) is 0 Å². The van der Waals surface area contributed by atoms with Gasteiger partial charge >= 0.3 is 6.03 Å². The number of nitrogens with zero attached hydrogens (tertiary/aromatic N) is 3. The average Bonchev–Trinajstić information content (AvgIpc) is 2.46. The molecule has 5 nitrogen and oxygen atoms in total. The quantitative estimate of drug-likeness (QED) is 0.738. The van der Waals surface area contributed by atoms with Crippen LogP contribution in [-0.4, -0.2) is 79.6 Å². The van der Waals surface area contributed by atoms with Gasteiger partial charge in [-0.3, -0.25) is 4.90 Å². The van der Waals surface area contributed by atoms with Gasteiger partial charge in [-0.15, -0.1) is 6.42 Å². The molecule has 2 unspecified atom stereocenters. The Bertz CT molecular complexity index is 371. The number of nitrogens with one attached hydrogen (secondary N) is 1. The van der Waals surface area contributed by atoms with E-state index in [0.29, 0.717) is 18.5 Å². The van der Waals surface area contributed by atoms with Crippen molar-refractivity contribution in [2.45, 2.75) is 19.4 Å². The van der Waals surface area contributed by atoms with E-state index in [9.17, 15) is 4.79 Å². The minimum absolute atomic E-state index is 0.0216. The zero-order valence-corrected chi connectivity index (χ0v) is 12.6. The van der Waals surface area contributed by atoms with Crippen molar-refractivity contribution in [3.63, 3.8) is 0 Å². The summed E-state index contributed by atoms with van der Waals surface area (Å²) in [6.07, 6.45) is 6.23. The lowest BCUT2D eigenvalue weighted by Gasteiger charge is -2.45. The molecule has 112 valence electrons. The number of terminal acetylenes is 1. The summed E-state index contributed by atoms with van der Waals surface area (Å²) < 4.78 is 0. The highest BCUT2D eigenvalue weighted by Gasteiger charge is 2.33. The molecular formula is C15H26N4O. The third kappa shape index (κ3) is 3.65. The van der Waals surface area contributed by atoms with Crippen molar-refractivity contribution >= 4 is 6.03 Å². The van der Waals surface area contributed by atoms with Gasteiger partial charge in [-0.05, 0) is 19.4 Å². The number of amides is 2. The van der Waals surface area contributed by atoms with E-state index in [1.165, 1.54) is 0 Å². The molecule has 0 aromatic rings. The minimum Gasteiger partial charge on any atom is -0.327 e. The normalized spacial score (nSPS) is 28.9. The number of piperazine rings is 1. The van der Waals surface area contributed by atoms with Gasteiger partial charge in [-0.2, -0.15) is 0 Å². The second-order valence-corrected chi connectivity index (χ2v) is 5.98. The van der Waals surface area contributed by atoms with Gasteiger partial charge in [0.1, 0.15) is 0 Å². The lowest BCUT2D eigenvalue weighted by atomic mass is 9.92.